The van der Waals surface area contributed by atoms with Gasteiger partial charge in [0.2, 0.25) is 5.95 Å². The molecule has 0 bridgehead atoms. The Bertz CT molecular complexity index is 414. The summed E-state index contributed by atoms with van der Waals surface area (Å²) in [6.07, 6.45) is 4.69. The lowest BCUT2D eigenvalue weighted by Gasteiger charge is -2.32. The minimum atomic E-state index is 0.387. The Kier molecular flexibility index (Phi) is 4.91. The van der Waals surface area contributed by atoms with Gasteiger partial charge in [0.25, 0.3) is 0 Å². The maximum Gasteiger partial charge on any atom is 0.222 e. The summed E-state index contributed by atoms with van der Waals surface area (Å²) in [5.41, 5.74) is 6.86. The number of nitrogens with zero attached hydrogens (tertiary/aromatic N) is 3. The summed E-state index contributed by atoms with van der Waals surface area (Å²) in [6, 6.07) is 2.09. The van der Waals surface area contributed by atoms with Crippen LogP contribution in [0.3, 0.4) is 0 Å². The third-order valence-corrected chi connectivity index (χ3v) is 4.49. The van der Waals surface area contributed by atoms with Crippen molar-refractivity contribution in [2.45, 2.75) is 32.6 Å². The van der Waals surface area contributed by atoms with Crippen molar-refractivity contribution >= 4 is 23.5 Å². The number of nitrogens with two attached hydrogens (primary N) is 1. The topological polar surface area (TPSA) is 55.0 Å². The number of aromatic nitrogens is 2. The average Bonchev–Trinajstić information content (AvgIpc) is 2.39. The van der Waals surface area contributed by atoms with Gasteiger partial charge < -0.3 is 10.6 Å². The van der Waals surface area contributed by atoms with E-state index in [9.17, 15) is 0 Å². The number of hydrogen-bond donors (Lipinski definition) is 1. The summed E-state index contributed by atoms with van der Waals surface area (Å²) < 4.78 is 0. The second kappa shape index (κ2) is 6.46. The lowest BCUT2D eigenvalue weighted by molar-refractivity contribution is 0.443. The summed E-state index contributed by atoms with van der Waals surface area (Å²) in [5, 5.41) is 0. The Morgan fingerprint density at radius 1 is 1.37 bits per heavy atom. The van der Waals surface area contributed by atoms with E-state index in [-0.39, 0.29) is 0 Å². The van der Waals surface area contributed by atoms with Crippen molar-refractivity contribution < 1.29 is 0 Å². The van der Waals surface area contributed by atoms with Gasteiger partial charge in [-0.1, -0.05) is 13.8 Å². The molecule has 1 aromatic rings. The van der Waals surface area contributed by atoms with Gasteiger partial charge in [0.05, 0.1) is 5.69 Å². The lowest BCUT2D eigenvalue weighted by Crippen LogP contribution is -2.35. The predicted molar refractivity (Wildman–Crippen MR) is 83.9 cm³/mol. The zero-order valence-electron chi connectivity index (χ0n) is 12.1. The molecule has 2 N–H and O–H groups in total. The molecule has 1 aliphatic rings. The Balaban J connectivity index is 2.06. The Morgan fingerprint density at radius 2 is 2.05 bits per heavy atom. The van der Waals surface area contributed by atoms with Crippen LogP contribution in [0.4, 0.5) is 11.8 Å². The van der Waals surface area contributed by atoms with Crippen LogP contribution in [0.5, 0.6) is 0 Å². The fourth-order valence-electron chi connectivity index (χ4n) is 2.49. The predicted octanol–water partition coefficient (Wildman–Crippen LogP) is 2.76. The van der Waals surface area contributed by atoms with Gasteiger partial charge in [-0.3, -0.25) is 0 Å². The molecule has 0 aliphatic carbocycles. The second-order valence-corrected chi connectivity index (χ2v) is 6.46. The molecule has 19 heavy (non-hydrogen) atoms. The molecule has 0 saturated carbocycles. The van der Waals surface area contributed by atoms with Crippen LogP contribution in [-0.2, 0) is 0 Å². The van der Waals surface area contributed by atoms with Crippen LogP contribution in [0, 0.1) is 5.92 Å². The molecular weight excluding hydrogens is 256 g/mol. The van der Waals surface area contributed by atoms with E-state index in [1.165, 1.54) is 18.6 Å². The number of piperidine rings is 1. The van der Waals surface area contributed by atoms with Crippen molar-refractivity contribution in [1.29, 1.82) is 0 Å². The molecule has 106 valence electrons. The normalized spacial score (nSPS) is 17.2. The maximum atomic E-state index is 5.83. The fraction of sp³-hybridized carbons (Fsp3) is 0.714. The molecule has 4 nitrogen and oxygen atoms in total. The number of thioether (sulfide) groups is 1. The van der Waals surface area contributed by atoms with Gasteiger partial charge in [-0.05, 0) is 36.7 Å². The van der Waals surface area contributed by atoms with Gasteiger partial charge in [0.1, 0.15) is 5.82 Å². The molecular formula is C14H24N4S. The van der Waals surface area contributed by atoms with Crippen molar-refractivity contribution in [3.05, 3.63) is 11.8 Å². The first kappa shape index (κ1) is 14.4. The third kappa shape index (κ3) is 3.75. The van der Waals surface area contributed by atoms with E-state index in [0.717, 1.165) is 30.5 Å². The summed E-state index contributed by atoms with van der Waals surface area (Å²) in [7, 11) is 0. The summed E-state index contributed by atoms with van der Waals surface area (Å²) in [6.45, 7) is 6.44. The summed E-state index contributed by atoms with van der Waals surface area (Å²) in [4.78, 5) is 11.1. The summed E-state index contributed by atoms with van der Waals surface area (Å²) >= 11 is 1.95. The van der Waals surface area contributed by atoms with Crippen molar-refractivity contribution in [3.63, 3.8) is 0 Å². The quantitative estimate of drug-likeness (QED) is 0.919. The molecule has 0 atom stereocenters. The monoisotopic (exact) mass is 280 g/mol. The van der Waals surface area contributed by atoms with E-state index in [0.29, 0.717) is 11.9 Å². The van der Waals surface area contributed by atoms with E-state index in [1.54, 1.807) is 0 Å². The van der Waals surface area contributed by atoms with Crippen LogP contribution in [0.1, 0.15) is 38.3 Å². The van der Waals surface area contributed by atoms with Gasteiger partial charge in [0.15, 0.2) is 0 Å². The van der Waals surface area contributed by atoms with Gasteiger partial charge in [-0.25, -0.2) is 4.98 Å². The molecule has 1 fully saturated rings. The molecule has 0 spiro atoms. The molecule has 5 heteroatoms. The number of anilines is 2. The van der Waals surface area contributed by atoms with E-state index in [4.69, 9.17) is 5.73 Å². The first-order chi connectivity index (χ1) is 9.10. The Hall–Kier alpha value is -0.970. The van der Waals surface area contributed by atoms with E-state index >= 15 is 0 Å². The molecule has 0 radical (unpaired) electrons. The minimum absolute atomic E-state index is 0.387. The first-order valence-electron chi connectivity index (χ1n) is 6.98. The zero-order valence-corrected chi connectivity index (χ0v) is 12.9. The highest BCUT2D eigenvalue weighted by atomic mass is 32.2. The maximum absolute atomic E-state index is 5.83. The largest absolute Gasteiger partial charge is 0.368 e. The fourth-order valence-corrected chi connectivity index (χ4v) is 3.30. The van der Waals surface area contributed by atoms with Crippen molar-refractivity contribution in [1.82, 2.24) is 9.97 Å². The lowest BCUT2D eigenvalue weighted by atomic mass is 9.99. The van der Waals surface area contributed by atoms with Crippen LogP contribution < -0.4 is 10.6 Å². The van der Waals surface area contributed by atoms with Gasteiger partial charge in [0, 0.05) is 19.2 Å². The van der Waals surface area contributed by atoms with Gasteiger partial charge >= 0.3 is 0 Å². The van der Waals surface area contributed by atoms with Crippen LogP contribution in [0.15, 0.2) is 6.07 Å². The zero-order chi connectivity index (χ0) is 13.8. The highest BCUT2D eigenvalue weighted by Gasteiger charge is 2.20. The highest BCUT2D eigenvalue weighted by Crippen LogP contribution is 2.26. The molecule has 1 saturated heterocycles. The van der Waals surface area contributed by atoms with Crippen molar-refractivity contribution in [3.8, 4) is 0 Å². The third-order valence-electron chi connectivity index (χ3n) is 3.68. The van der Waals surface area contributed by atoms with E-state index in [2.05, 4.69) is 41.0 Å². The Labute approximate surface area is 120 Å². The number of hydrogen-bond acceptors (Lipinski definition) is 5. The smallest absolute Gasteiger partial charge is 0.222 e. The Morgan fingerprint density at radius 3 is 2.63 bits per heavy atom. The van der Waals surface area contributed by atoms with Crippen LogP contribution in [0.25, 0.3) is 0 Å². The summed E-state index contributed by atoms with van der Waals surface area (Å²) in [5.74, 6) is 3.91. The minimum Gasteiger partial charge on any atom is -0.368 e. The SMILES string of the molecule is CSCC1CCN(c2cc(C(C)C)nc(N)n2)CC1. The average molecular weight is 280 g/mol. The molecule has 2 heterocycles. The highest BCUT2D eigenvalue weighted by molar-refractivity contribution is 7.98. The van der Waals surface area contributed by atoms with Crippen LogP contribution in [-0.4, -0.2) is 35.1 Å². The number of rotatable bonds is 4. The molecule has 1 aliphatic heterocycles. The van der Waals surface area contributed by atoms with Crippen LogP contribution in [0.2, 0.25) is 0 Å². The molecule has 0 amide bonds. The first-order valence-corrected chi connectivity index (χ1v) is 8.38. The number of nitrogen functional groups attached to an aromatic ring is 1. The molecule has 0 aromatic carbocycles. The standard InChI is InChI=1S/C14H24N4S/c1-10(2)12-8-13(17-14(15)16-12)18-6-4-11(5-7-18)9-19-3/h8,10-11H,4-7,9H2,1-3H3,(H2,15,16,17). The van der Waals surface area contributed by atoms with Crippen molar-refractivity contribution in [2.75, 3.05) is 35.7 Å². The molecule has 1 aromatic heterocycles. The van der Waals surface area contributed by atoms with Crippen LogP contribution >= 0.6 is 11.8 Å². The van der Waals surface area contributed by atoms with E-state index in [1.807, 2.05) is 11.8 Å². The second-order valence-electron chi connectivity index (χ2n) is 5.55. The van der Waals surface area contributed by atoms with Crippen molar-refractivity contribution in [2.24, 2.45) is 5.92 Å². The molecule has 0 unspecified atom stereocenters. The van der Waals surface area contributed by atoms with Gasteiger partial charge in [-0.2, -0.15) is 16.7 Å². The van der Waals surface area contributed by atoms with E-state index < -0.39 is 0 Å². The van der Waals surface area contributed by atoms with Gasteiger partial charge in [-0.15, -0.1) is 0 Å². The molecule has 2 rings (SSSR count).